The van der Waals surface area contributed by atoms with E-state index in [4.69, 9.17) is 4.74 Å². The van der Waals surface area contributed by atoms with E-state index in [1.807, 2.05) is 0 Å². The van der Waals surface area contributed by atoms with E-state index in [-0.39, 0.29) is 5.56 Å². The highest BCUT2D eigenvalue weighted by atomic mass is 79.9. The van der Waals surface area contributed by atoms with Gasteiger partial charge in [-0.1, -0.05) is 28.1 Å². The first-order chi connectivity index (χ1) is 9.60. The van der Waals surface area contributed by atoms with Crippen LogP contribution < -0.4 is 4.74 Å². The first kappa shape index (κ1) is 16.5. The summed E-state index contributed by atoms with van der Waals surface area (Å²) in [5.74, 6) is -2.94. The Labute approximate surface area is 125 Å². The molecule has 1 aliphatic rings. The predicted octanol–water partition coefficient (Wildman–Crippen LogP) is 5.19. The van der Waals surface area contributed by atoms with Crippen molar-refractivity contribution in [1.82, 2.24) is 0 Å². The van der Waals surface area contributed by atoms with Crippen LogP contribution >= 0.6 is 15.9 Å². The summed E-state index contributed by atoms with van der Waals surface area (Å²) in [5, 5.41) is 0. The summed E-state index contributed by atoms with van der Waals surface area (Å²) in [5.41, 5.74) is 0.574. The average molecular weight is 377 g/mol. The van der Waals surface area contributed by atoms with Crippen LogP contribution in [-0.4, -0.2) is 19.0 Å². The van der Waals surface area contributed by atoms with Crippen LogP contribution in [0.25, 0.3) is 0 Å². The molecule has 1 aromatic carbocycles. The fourth-order valence-electron chi connectivity index (χ4n) is 2.26. The summed E-state index contributed by atoms with van der Waals surface area (Å²) < 4.78 is 81.6. The molecule has 0 spiro atoms. The number of rotatable bonds is 2. The molecule has 1 nitrogen and oxygen atoms in total. The van der Waals surface area contributed by atoms with Crippen LogP contribution in [0.15, 0.2) is 18.2 Å². The average Bonchev–Trinajstić information content (AvgIpc) is 2.34. The maximum Gasteiger partial charge on any atom is 0.401 e. The van der Waals surface area contributed by atoms with Crippen molar-refractivity contribution in [1.29, 1.82) is 0 Å². The quantitative estimate of drug-likeness (QED) is 0.509. The fraction of sp³-hybridized carbons (Fsp3) is 0.538. The second-order valence-corrected chi connectivity index (χ2v) is 5.77. The Morgan fingerprint density at radius 1 is 1.05 bits per heavy atom. The van der Waals surface area contributed by atoms with Gasteiger partial charge < -0.3 is 4.74 Å². The maximum absolute atomic E-state index is 12.7. The van der Waals surface area contributed by atoms with Crippen molar-refractivity contribution in [2.75, 3.05) is 6.61 Å². The van der Waals surface area contributed by atoms with Crippen molar-refractivity contribution in [2.24, 2.45) is 5.92 Å². The highest BCUT2D eigenvalue weighted by molar-refractivity contribution is 9.09. The van der Waals surface area contributed by atoms with Crippen molar-refractivity contribution in [3.63, 3.8) is 0 Å². The maximum atomic E-state index is 12.7. The zero-order valence-corrected chi connectivity index (χ0v) is 12.1. The normalized spacial score (nSPS) is 17.3. The lowest BCUT2D eigenvalue weighted by atomic mass is 9.95. The third kappa shape index (κ3) is 3.64. The van der Waals surface area contributed by atoms with Crippen LogP contribution in [0.4, 0.5) is 26.3 Å². The number of halogens is 7. The lowest BCUT2D eigenvalue weighted by Crippen LogP contribution is -2.39. The van der Waals surface area contributed by atoms with Gasteiger partial charge in [-0.05, 0) is 30.0 Å². The first-order valence-electron chi connectivity index (χ1n) is 6.14. The Morgan fingerprint density at radius 2 is 1.67 bits per heavy atom. The van der Waals surface area contributed by atoms with E-state index in [2.05, 4.69) is 15.9 Å². The van der Waals surface area contributed by atoms with Gasteiger partial charge in [0.1, 0.15) is 5.75 Å². The molecule has 0 amide bonds. The molecule has 0 radical (unpaired) electrons. The predicted molar refractivity (Wildman–Crippen MR) is 67.5 cm³/mol. The summed E-state index contributed by atoms with van der Waals surface area (Å²) in [7, 11) is 0. The van der Waals surface area contributed by atoms with Gasteiger partial charge in [-0.3, -0.25) is 0 Å². The molecule has 1 aliphatic heterocycles. The number of hydrogen-bond acceptors (Lipinski definition) is 1. The van der Waals surface area contributed by atoms with Gasteiger partial charge in [0.05, 0.1) is 11.4 Å². The molecule has 0 N–H and O–H groups in total. The van der Waals surface area contributed by atoms with Crippen molar-refractivity contribution >= 4 is 15.9 Å². The highest BCUT2D eigenvalue weighted by Crippen LogP contribution is 2.50. The van der Waals surface area contributed by atoms with Crippen molar-refractivity contribution in [2.45, 2.75) is 30.0 Å². The second-order valence-electron chi connectivity index (χ2n) is 4.78. The molecular formula is C13H11BrF6O. The van der Waals surface area contributed by atoms with Crippen LogP contribution in [0, 0.1) is 5.92 Å². The minimum atomic E-state index is -5.38. The van der Waals surface area contributed by atoms with E-state index >= 15 is 0 Å². The first-order valence-corrected chi connectivity index (χ1v) is 7.05. The molecule has 1 atom stereocenters. The number of alkyl halides is 7. The van der Waals surface area contributed by atoms with Crippen LogP contribution in [0.5, 0.6) is 5.75 Å². The lowest BCUT2D eigenvalue weighted by Gasteiger charge is -2.28. The minimum absolute atomic E-state index is 0.0566. The van der Waals surface area contributed by atoms with Gasteiger partial charge in [0.15, 0.2) is 5.92 Å². The third-order valence-corrected chi connectivity index (χ3v) is 4.31. The lowest BCUT2D eigenvalue weighted by molar-refractivity contribution is -0.283. The van der Waals surface area contributed by atoms with Crippen molar-refractivity contribution < 1.29 is 31.1 Å². The summed E-state index contributed by atoms with van der Waals surface area (Å²) in [6, 6.07) is 3.99. The second kappa shape index (κ2) is 5.70. The Morgan fingerprint density at radius 3 is 2.24 bits per heavy atom. The molecule has 0 fully saturated rings. The summed E-state index contributed by atoms with van der Waals surface area (Å²) in [6.07, 6.45) is -9.49. The molecule has 0 saturated carbocycles. The molecule has 8 heteroatoms. The molecule has 1 heterocycles. The van der Waals surface area contributed by atoms with E-state index < -0.39 is 23.1 Å². The smallest absolute Gasteiger partial charge is 0.401 e. The molecule has 0 saturated heterocycles. The van der Waals surface area contributed by atoms with Crippen LogP contribution in [0.2, 0.25) is 0 Å². The van der Waals surface area contributed by atoms with Gasteiger partial charge in [-0.2, -0.15) is 26.3 Å². The van der Waals surface area contributed by atoms with Gasteiger partial charge in [0, 0.05) is 0 Å². The fourth-order valence-corrected chi connectivity index (χ4v) is 3.15. The number of hydrogen-bond donors (Lipinski definition) is 0. The van der Waals surface area contributed by atoms with E-state index in [0.29, 0.717) is 30.8 Å². The van der Waals surface area contributed by atoms with E-state index in [1.54, 1.807) is 0 Å². The van der Waals surface area contributed by atoms with Crippen LogP contribution in [0.1, 0.15) is 22.4 Å². The van der Waals surface area contributed by atoms with E-state index in [0.717, 1.165) is 0 Å². The number of ether oxygens (including phenoxy) is 1. The van der Waals surface area contributed by atoms with Crippen LogP contribution in [-0.2, 0) is 6.42 Å². The van der Waals surface area contributed by atoms with Gasteiger partial charge in [0.2, 0.25) is 0 Å². The van der Waals surface area contributed by atoms with Gasteiger partial charge in [0.25, 0.3) is 0 Å². The Balaban J connectivity index is 2.35. The third-order valence-electron chi connectivity index (χ3n) is 3.25. The Kier molecular flexibility index (Phi) is 4.46. The van der Waals surface area contributed by atoms with Crippen molar-refractivity contribution in [3.8, 4) is 5.75 Å². The van der Waals surface area contributed by atoms with Gasteiger partial charge in [-0.15, -0.1) is 0 Å². The highest BCUT2D eigenvalue weighted by Gasteiger charge is 2.60. The Bertz CT molecular complexity index is 496. The summed E-state index contributed by atoms with van der Waals surface area (Å²) >= 11 is 2.57. The molecule has 21 heavy (non-hydrogen) atoms. The van der Waals surface area contributed by atoms with Crippen molar-refractivity contribution in [3.05, 3.63) is 29.3 Å². The van der Waals surface area contributed by atoms with E-state index in [9.17, 15) is 26.3 Å². The molecule has 0 aromatic heterocycles. The summed E-state index contributed by atoms with van der Waals surface area (Å²) in [4.78, 5) is -1.88. The minimum Gasteiger partial charge on any atom is -0.493 e. The zero-order chi connectivity index (χ0) is 15.8. The number of benzene rings is 1. The molecule has 0 aliphatic carbocycles. The topological polar surface area (TPSA) is 9.23 Å². The van der Waals surface area contributed by atoms with Gasteiger partial charge in [-0.25, -0.2) is 0 Å². The summed E-state index contributed by atoms with van der Waals surface area (Å²) in [6.45, 7) is 0.498. The molecule has 0 bridgehead atoms. The standard InChI is InChI=1S/C13H11BrF6O/c14-10(11(12(15,16)17)13(18,19)20)8-3-4-9-7(6-8)2-1-5-21-9/h3-4,6,10-11H,1-2,5H2. The number of fused-ring (bicyclic) bond motifs is 1. The number of aryl methyl sites for hydroxylation is 1. The van der Waals surface area contributed by atoms with Gasteiger partial charge >= 0.3 is 12.4 Å². The molecule has 1 aromatic rings. The molecular weight excluding hydrogens is 366 g/mol. The molecule has 118 valence electrons. The SMILES string of the molecule is FC(F)(F)C(C(Br)c1ccc2c(c1)CCCO2)C(F)(F)F. The zero-order valence-electron chi connectivity index (χ0n) is 10.6. The monoisotopic (exact) mass is 376 g/mol. The van der Waals surface area contributed by atoms with Crippen LogP contribution in [0.3, 0.4) is 0 Å². The molecule has 2 rings (SSSR count). The van der Waals surface area contributed by atoms with E-state index in [1.165, 1.54) is 18.2 Å². The molecule has 1 unspecified atom stereocenters. The largest absolute Gasteiger partial charge is 0.493 e. The Hall–Kier alpha value is -0.920.